The van der Waals surface area contributed by atoms with Crippen LogP contribution >= 0.6 is 22.9 Å². The lowest BCUT2D eigenvalue weighted by Crippen LogP contribution is -2.11. The van der Waals surface area contributed by atoms with Crippen LogP contribution in [0.5, 0.6) is 0 Å². The third kappa shape index (κ3) is 2.23. The molecule has 18 heavy (non-hydrogen) atoms. The number of hydrogen-bond acceptors (Lipinski definition) is 2. The molecule has 3 heteroatoms. The van der Waals surface area contributed by atoms with Crippen LogP contribution in [-0.2, 0) is 17.6 Å². The number of halogens is 1. The quantitative estimate of drug-likeness (QED) is 0.819. The first-order valence-corrected chi connectivity index (χ1v) is 7.28. The van der Waals surface area contributed by atoms with E-state index < -0.39 is 0 Å². The van der Waals surface area contributed by atoms with Crippen LogP contribution in [0.1, 0.15) is 28.3 Å². The fourth-order valence-electron chi connectivity index (χ4n) is 2.63. The Morgan fingerprint density at radius 1 is 1.28 bits per heavy atom. The van der Waals surface area contributed by atoms with Crippen molar-refractivity contribution in [1.82, 2.24) is 0 Å². The third-order valence-corrected chi connectivity index (χ3v) is 4.73. The Morgan fingerprint density at radius 2 is 2.11 bits per heavy atom. The summed E-state index contributed by atoms with van der Waals surface area (Å²) in [6.07, 6.45) is 2.49. The van der Waals surface area contributed by atoms with Gasteiger partial charge in [0.15, 0.2) is 0 Å². The molecule has 0 radical (unpaired) electrons. The number of carbonyl (C=O) groups is 1. The molecule has 0 bridgehead atoms. The molecule has 1 nitrogen and oxygen atoms in total. The first-order chi connectivity index (χ1) is 8.74. The molecule has 0 N–H and O–H groups in total. The SMILES string of the molecule is O=C(Cc1ccc(Cl)s1)C1CCc2ccccc21. The highest BCUT2D eigenvalue weighted by Crippen LogP contribution is 2.35. The Balaban J connectivity index is 1.78. The maximum Gasteiger partial charge on any atom is 0.145 e. The van der Waals surface area contributed by atoms with Crippen LogP contribution in [0, 0.1) is 0 Å². The van der Waals surface area contributed by atoms with Crippen LogP contribution in [-0.4, -0.2) is 5.78 Å². The number of benzene rings is 1. The summed E-state index contributed by atoms with van der Waals surface area (Å²) in [5.74, 6) is 0.403. The molecule has 1 atom stereocenters. The molecule has 1 aromatic carbocycles. The van der Waals surface area contributed by atoms with Crippen molar-refractivity contribution in [2.45, 2.75) is 25.2 Å². The van der Waals surface area contributed by atoms with Crippen LogP contribution in [0.2, 0.25) is 4.34 Å². The molecule has 0 saturated carbocycles. The average Bonchev–Trinajstić information content (AvgIpc) is 2.95. The van der Waals surface area contributed by atoms with E-state index in [0.29, 0.717) is 12.2 Å². The molecule has 1 heterocycles. The van der Waals surface area contributed by atoms with Crippen molar-refractivity contribution >= 4 is 28.7 Å². The number of aryl methyl sites for hydroxylation is 1. The minimum absolute atomic E-state index is 0.0853. The molecular formula is C15H13ClOS. The smallest absolute Gasteiger partial charge is 0.145 e. The molecule has 0 aliphatic heterocycles. The summed E-state index contributed by atoms with van der Waals surface area (Å²) in [5, 5.41) is 0. The number of Topliss-reactive ketones (excluding diaryl/α,β-unsaturated/α-hetero) is 1. The molecule has 0 spiro atoms. The largest absolute Gasteiger partial charge is 0.299 e. The van der Waals surface area contributed by atoms with Gasteiger partial charge in [0.1, 0.15) is 5.78 Å². The summed E-state index contributed by atoms with van der Waals surface area (Å²) < 4.78 is 0.754. The van der Waals surface area contributed by atoms with E-state index in [9.17, 15) is 4.79 Å². The number of rotatable bonds is 3. The van der Waals surface area contributed by atoms with Gasteiger partial charge in [-0.05, 0) is 36.1 Å². The van der Waals surface area contributed by atoms with Crippen molar-refractivity contribution in [1.29, 1.82) is 0 Å². The van der Waals surface area contributed by atoms with E-state index in [1.165, 1.54) is 22.5 Å². The summed E-state index contributed by atoms with van der Waals surface area (Å²) in [6, 6.07) is 12.1. The van der Waals surface area contributed by atoms with Crippen LogP contribution < -0.4 is 0 Å². The van der Waals surface area contributed by atoms with E-state index in [2.05, 4.69) is 12.1 Å². The number of thiophene rings is 1. The molecule has 1 aliphatic carbocycles. The average molecular weight is 277 g/mol. The van der Waals surface area contributed by atoms with Crippen LogP contribution in [0.25, 0.3) is 0 Å². The van der Waals surface area contributed by atoms with Crippen molar-refractivity contribution in [2.75, 3.05) is 0 Å². The second-order valence-corrected chi connectivity index (χ2v) is 6.44. The highest BCUT2D eigenvalue weighted by atomic mass is 35.5. The maximum atomic E-state index is 12.4. The van der Waals surface area contributed by atoms with E-state index in [-0.39, 0.29) is 5.92 Å². The van der Waals surface area contributed by atoms with Gasteiger partial charge >= 0.3 is 0 Å². The van der Waals surface area contributed by atoms with Gasteiger partial charge in [0.05, 0.1) is 4.34 Å². The van der Waals surface area contributed by atoms with Crippen LogP contribution in [0.4, 0.5) is 0 Å². The zero-order chi connectivity index (χ0) is 12.5. The minimum Gasteiger partial charge on any atom is -0.299 e. The number of hydrogen-bond donors (Lipinski definition) is 0. The number of ketones is 1. The molecule has 3 rings (SSSR count). The number of carbonyl (C=O) groups excluding carboxylic acids is 1. The molecule has 1 aromatic heterocycles. The predicted molar refractivity (Wildman–Crippen MR) is 75.5 cm³/mol. The van der Waals surface area contributed by atoms with Gasteiger partial charge in [0.2, 0.25) is 0 Å². The molecule has 0 fully saturated rings. The summed E-state index contributed by atoms with van der Waals surface area (Å²) in [4.78, 5) is 13.4. The molecule has 0 amide bonds. The molecular weight excluding hydrogens is 264 g/mol. The Hall–Kier alpha value is -1.12. The van der Waals surface area contributed by atoms with E-state index in [1.807, 2.05) is 24.3 Å². The van der Waals surface area contributed by atoms with Crippen LogP contribution in [0.15, 0.2) is 36.4 Å². The lowest BCUT2D eigenvalue weighted by Gasteiger charge is -2.09. The van der Waals surface area contributed by atoms with E-state index in [4.69, 9.17) is 11.6 Å². The van der Waals surface area contributed by atoms with Crippen molar-refractivity contribution in [3.63, 3.8) is 0 Å². The van der Waals surface area contributed by atoms with Crippen molar-refractivity contribution < 1.29 is 4.79 Å². The molecule has 1 unspecified atom stereocenters. The number of fused-ring (bicyclic) bond motifs is 1. The molecule has 92 valence electrons. The topological polar surface area (TPSA) is 17.1 Å². The first kappa shape index (κ1) is 11.9. The van der Waals surface area contributed by atoms with Crippen molar-refractivity contribution in [3.8, 4) is 0 Å². The summed E-state index contributed by atoms with van der Waals surface area (Å²) in [5.41, 5.74) is 2.56. The molecule has 2 aromatic rings. The molecule has 1 aliphatic rings. The lowest BCUT2D eigenvalue weighted by molar-refractivity contribution is -0.119. The van der Waals surface area contributed by atoms with Gasteiger partial charge in [-0.3, -0.25) is 4.79 Å². The highest BCUT2D eigenvalue weighted by Gasteiger charge is 2.28. The second kappa shape index (κ2) is 4.87. The van der Waals surface area contributed by atoms with Gasteiger partial charge in [-0.1, -0.05) is 35.9 Å². The second-order valence-electron chi connectivity index (χ2n) is 4.64. The van der Waals surface area contributed by atoms with E-state index in [0.717, 1.165) is 22.1 Å². The van der Waals surface area contributed by atoms with Gasteiger partial charge in [0.25, 0.3) is 0 Å². The lowest BCUT2D eigenvalue weighted by atomic mass is 9.94. The fourth-order valence-corrected chi connectivity index (χ4v) is 3.73. The summed E-state index contributed by atoms with van der Waals surface area (Å²) in [6.45, 7) is 0. The van der Waals surface area contributed by atoms with E-state index >= 15 is 0 Å². The van der Waals surface area contributed by atoms with Gasteiger partial charge in [0, 0.05) is 17.2 Å². The van der Waals surface area contributed by atoms with Crippen LogP contribution in [0.3, 0.4) is 0 Å². The molecule has 0 saturated heterocycles. The minimum atomic E-state index is 0.0853. The standard InChI is InChI=1S/C15H13ClOS/c16-15-8-6-11(18-15)9-14(17)13-7-5-10-3-1-2-4-12(10)13/h1-4,6,8,13H,5,7,9H2. The normalized spacial score (nSPS) is 17.7. The highest BCUT2D eigenvalue weighted by molar-refractivity contribution is 7.16. The summed E-state index contributed by atoms with van der Waals surface area (Å²) >= 11 is 7.39. The zero-order valence-corrected chi connectivity index (χ0v) is 11.4. The third-order valence-electron chi connectivity index (χ3n) is 3.50. The van der Waals surface area contributed by atoms with Gasteiger partial charge in [-0.15, -0.1) is 11.3 Å². The summed E-state index contributed by atoms with van der Waals surface area (Å²) in [7, 11) is 0. The predicted octanol–water partition coefficient (Wildman–Crippen LogP) is 4.24. The maximum absolute atomic E-state index is 12.4. The van der Waals surface area contributed by atoms with Crippen molar-refractivity contribution in [3.05, 3.63) is 56.7 Å². The van der Waals surface area contributed by atoms with Gasteiger partial charge in [-0.25, -0.2) is 0 Å². The zero-order valence-electron chi connectivity index (χ0n) is 9.86. The van der Waals surface area contributed by atoms with E-state index in [1.54, 1.807) is 0 Å². The Labute approximate surface area is 115 Å². The van der Waals surface area contributed by atoms with Gasteiger partial charge < -0.3 is 0 Å². The van der Waals surface area contributed by atoms with Gasteiger partial charge in [-0.2, -0.15) is 0 Å². The first-order valence-electron chi connectivity index (χ1n) is 6.09. The fraction of sp³-hybridized carbons (Fsp3) is 0.267. The Morgan fingerprint density at radius 3 is 2.89 bits per heavy atom. The van der Waals surface area contributed by atoms with Crippen molar-refractivity contribution in [2.24, 2.45) is 0 Å². The Kier molecular flexibility index (Phi) is 3.23. The monoisotopic (exact) mass is 276 g/mol. The Bertz CT molecular complexity index is 588.